The van der Waals surface area contributed by atoms with E-state index in [0.717, 1.165) is 24.8 Å². The third-order valence-electron chi connectivity index (χ3n) is 3.07. The van der Waals surface area contributed by atoms with Crippen molar-refractivity contribution in [2.24, 2.45) is 11.7 Å². The lowest BCUT2D eigenvalue weighted by Gasteiger charge is -2.14. The van der Waals surface area contributed by atoms with Crippen LogP contribution in [-0.4, -0.2) is 16.9 Å². The zero-order chi connectivity index (χ0) is 11.5. The fourth-order valence-electron chi connectivity index (χ4n) is 2.14. The monoisotopic (exact) mass is 291 g/mol. The maximum atomic E-state index is 11.9. The highest BCUT2D eigenvalue weighted by molar-refractivity contribution is 5.92. The Balaban J connectivity index is 0.00000144. The molecule has 0 radical (unpaired) electrons. The van der Waals surface area contributed by atoms with Gasteiger partial charge in [-0.15, -0.1) is 24.8 Å². The molecule has 1 heterocycles. The summed E-state index contributed by atoms with van der Waals surface area (Å²) in [5.41, 5.74) is 6.97. The van der Waals surface area contributed by atoms with Gasteiger partial charge >= 0.3 is 0 Å². The van der Waals surface area contributed by atoms with Crippen molar-refractivity contribution in [3.8, 4) is 0 Å². The molecule has 1 aromatic heterocycles. The summed E-state index contributed by atoms with van der Waals surface area (Å²) in [6.45, 7) is 1.97. The van der Waals surface area contributed by atoms with Crippen molar-refractivity contribution in [2.45, 2.75) is 32.2 Å². The van der Waals surface area contributed by atoms with Gasteiger partial charge in [0.15, 0.2) is 0 Å². The van der Waals surface area contributed by atoms with Crippen molar-refractivity contribution in [1.82, 2.24) is 4.98 Å². The van der Waals surface area contributed by atoms with E-state index in [1.54, 1.807) is 6.20 Å². The smallest absolute Gasteiger partial charge is 0.230 e. The van der Waals surface area contributed by atoms with Gasteiger partial charge in [-0.05, 0) is 37.5 Å². The van der Waals surface area contributed by atoms with Crippen LogP contribution in [0.4, 0.5) is 5.82 Å². The van der Waals surface area contributed by atoms with E-state index >= 15 is 0 Å². The quantitative estimate of drug-likeness (QED) is 0.879. The summed E-state index contributed by atoms with van der Waals surface area (Å²) in [6, 6.07) is 3.76. The Morgan fingerprint density at radius 2 is 2.17 bits per heavy atom. The summed E-state index contributed by atoms with van der Waals surface area (Å²) in [5, 5.41) is 2.83. The first-order valence-corrected chi connectivity index (χ1v) is 5.66. The molecule has 1 saturated carbocycles. The maximum absolute atomic E-state index is 11.9. The second-order valence-electron chi connectivity index (χ2n) is 4.41. The third-order valence-corrected chi connectivity index (χ3v) is 3.07. The first-order valence-electron chi connectivity index (χ1n) is 5.66. The minimum Gasteiger partial charge on any atom is -0.327 e. The molecule has 2 rings (SSSR count). The molecular weight excluding hydrogens is 273 g/mol. The predicted molar refractivity (Wildman–Crippen MR) is 77.4 cm³/mol. The van der Waals surface area contributed by atoms with Crippen molar-refractivity contribution < 1.29 is 4.79 Å². The van der Waals surface area contributed by atoms with Crippen LogP contribution in [0.3, 0.4) is 0 Å². The van der Waals surface area contributed by atoms with Gasteiger partial charge in [0.25, 0.3) is 0 Å². The summed E-state index contributed by atoms with van der Waals surface area (Å²) in [7, 11) is 0. The number of rotatable bonds is 2. The zero-order valence-corrected chi connectivity index (χ0v) is 11.9. The van der Waals surface area contributed by atoms with Crippen LogP contribution in [0, 0.1) is 12.8 Å². The largest absolute Gasteiger partial charge is 0.327 e. The van der Waals surface area contributed by atoms with Crippen molar-refractivity contribution in [2.75, 3.05) is 5.32 Å². The number of nitrogens with one attached hydrogen (secondary N) is 1. The van der Waals surface area contributed by atoms with Gasteiger partial charge in [0, 0.05) is 12.2 Å². The van der Waals surface area contributed by atoms with E-state index < -0.39 is 0 Å². The van der Waals surface area contributed by atoms with Crippen LogP contribution in [0.15, 0.2) is 18.3 Å². The predicted octanol–water partition coefficient (Wildman–Crippen LogP) is 2.30. The lowest BCUT2D eigenvalue weighted by Crippen LogP contribution is -2.34. The third kappa shape index (κ3) is 4.12. The molecule has 4 nitrogen and oxygen atoms in total. The Kier molecular flexibility index (Phi) is 7.21. The molecule has 102 valence electrons. The van der Waals surface area contributed by atoms with E-state index in [1.165, 1.54) is 0 Å². The number of halogens is 2. The number of pyridine rings is 1. The number of nitrogens with zero attached hydrogens (tertiary/aromatic N) is 1. The van der Waals surface area contributed by atoms with E-state index in [1.807, 2.05) is 19.1 Å². The average Bonchev–Trinajstić information content (AvgIpc) is 2.64. The van der Waals surface area contributed by atoms with Crippen molar-refractivity contribution in [1.29, 1.82) is 0 Å². The molecule has 0 aliphatic heterocycles. The average molecular weight is 292 g/mol. The molecule has 3 N–H and O–H groups in total. The van der Waals surface area contributed by atoms with Crippen LogP contribution in [0.25, 0.3) is 0 Å². The molecule has 1 fully saturated rings. The number of carbonyl (C=O) groups excluding carboxylic acids is 1. The normalized spacial score (nSPS) is 21.7. The van der Waals surface area contributed by atoms with Crippen molar-refractivity contribution in [3.05, 3.63) is 23.9 Å². The minimum atomic E-state index is -0.0534. The molecule has 1 amide bonds. The van der Waals surface area contributed by atoms with E-state index in [0.29, 0.717) is 5.82 Å². The molecule has 0 bridgehead atoms. The van der Waals surface area contributed by atoms with Crippen LogP contribution in [0.2, 0.25) is 0 Å². The van der Waals surface area contributed by atoms with Crippen LogP contribution in [0.5, 0.6) is 0 Å². The molecule has 1 aliphatic carbocycles. The van der Waals surface area contributed by atoms with Crippen LogP contribution < -0.4 is 11.1 Å². The van der Waals surface area contributed by atoms with E-state index in [9.17, 15) is 4.79 Å². The molecule has 0 aromatic carbocycles. The Morgan fingerprint density at radius 1 is 1.44 bits per heavy atom. The summed E-state index contributed by atoms with van der Waals surface area (Å²) >= 11 is 0. The van der Waals surface area contributed by atoms with Crippen molar-refractivity contribution in [3.63, 3.8) is 0 Å². The van der Waals surface area contributed by atoms with Gasteiger partial charge in [-0.2, -0.15) is 0 Å². The molecule has 1 aromatic rings. The van der Waals surface area contributed by atoms with Gasteiger partial charge in [0.1, 0.15) is 5.82 Å². The van der Waals surface area contributed by atoms with Gasteiger partial charge in [0.05, 0.1) is 5.92 Å². The van der Waals surface area contributed by atoms with Crippen LogP contribution in [0.1, 0.15) is 24.8 Å². The summed E-state index contributed by atoms with van der Waals surface area (Å²) in [6.07, 6.45) is 4.57. The Hall–Kier alpha value is -0.840. The summed E-state index contributed by atoms with van der Waals surface area (Å²) in [5.74, 6) is 0.564. The fraction of sp³-hybridized carbons (Fsp3) is 0.500. The molecule has 18 heavy (non-hydrogen) atoms. The van der Waals surface area contributed by atoms with Crippen molar-refractivity contribution >= 4 is 36.5 Å². The van der Waals surface area contributed by atoms with Gasteiger partial charge in [-0.25, -0.2) is 4.98 Å². The summed E-state index contributed by atoms with van der Waals surface area (Å²) < 4.78 is 0. The highest BCUT2D eigenvalue weighted by Crippen LogP contribution is 2.25. The maximum Gasteiger partial charge on any atom is 0.230 e. The number of anilines is 1. The van der Waals surface area contributed by atoms with E-state index in [2.05, 4.69) is 10.3 Å². The van der Waals surface area contributed by atoms with E-state index in [4.69, 9.17) is 5.73 Å². The Morgan fingerprint density at radius 3 is 2.72 bits per heavy atom. The van der Waals surface area contributed by atoms with Crippen LogP contribution >= 0.6 is 24.8 Å². The minimum absolute atomic E-state index is 0. The van der Waals surface area contributed by atoms with Gasteiger partial charge in [-0.3, -0.25) is 4.79 Å². The van der Waals surface area contributed by atoms with Crippen LogP contribution in [-0.2, 0) is 4.79 Å². The highest BCUT2D eigenvalue weighted by atomic mass is 35.5. The number of hydrogen-bond donors (Lipinski definition) is 2. The number of hydrogen-bond acceptors (Lipinski definition) is 3. The molecule has 2 atom stereocenters. The number of nitrogens with two attached hydrogens (primary N) is 1. The first kappa shape index (κ1) is 17.2. The second kappa shape index (κ2) is 7.56. The standard InChI is InChI=1S/C12H17N3O.2ClH/c1-8-5-6-14-11(7-8)15-12(16)9-3-2-4-10(9)13;;/h5-7,9-10H,2-4,13H2,1H3,(H,14,15,16);2*1H. The number of aryl methyl sites for hydroxylation is 1. The summed E-state index contributed by atoms with van der Waals surface area (Å²) in [4.78, 5) is 16.0. The lowest BCUT2D eigenvalue weighted by atomic mass is 10.0. The highest BCUT2D eigenvalue weighted by Gasteiger charge is 2.30. The van der Waals surface area contributed by atoms with Gasteiger partial charge in [-0.1, -0.05) is 6.42 Å². The topological polar surface area (TPSA) is 68.0 Å². The number of aromatic nitrogens is 1. The molecule has 0 spiro atoms. The van der Waals surface area contributed by atoms with Gasteiger partial charge in [0.2, 0.25) is 5.91 Å². The molecular formula is C12H19Cl2N3O. The molecule has 0 saturated heterocycles. The lowest BCUT2D eigenvalue weighted by molar-refractivity contribution is -0.120. The van der Waals surface area contributed by atoms with E-state index in [-0.39, 0.29) is 42.7 Å². The zero-order valence-electron chi connectivity index (χ0n) is 10.3. The van der Waals surface area contributed by atoms with Gasteiger partial charge < -0.3 is 11.1 Å². The first-order chi connectivity index (χ1) is 7.66. The Labute approximate surface area is 120 Å². The Bertz CT molecular complexity index is 401. The number of carbonyl (C=O) groups is 1. The fourth-order valence-corrected chi connectivity index (χ4v) is 2.14. The molecule has 1 aliphatic rings. The molecule has 6 heteroatoms. The molecule has 2 unspecified atom stereocenters. The number of amides is 1. The second-order valence-corrected chi connectivity index (χ2v) is 4.41. The SMILES string of the molecule is Cc1ccnc(NC(=O)C2CCCC2N)c1.Cl.Cl.